The first-order valence-electron chi connectivity index (χ1n) is 5.36. The molecule has 0 amide bonds. The van der Waals surface area contributed by atoms with Crippen molar-refractivity contribution in [2.45, 2.75) is 20.4 Å². The van der Waals surface area contributed by atoms with Crippen LogP contribution in [-0.2, 0) is 6.54 Å². The van der Waals surface area contributed by atoms with Crippen molar-refractivity contribution in [1.82, 2.24) is 15.1 Å². The summed E-state index contributed by atoms with van der Waals surface area (Å²) >= 11 is 4.89. The van der Waals surface area contributed by atoms with Crippen LogP contribution in [0, 0.1) is 13.8 Å². The molecule has 3 N–H and O–H groups in total. The number of aromatic nitrogens is 3. The van der Waals surface area contributed by atoms with Crippen LogP contribution in [0.15, 0.2) is 16.7 Å². The summed E-state index contributed by atoms with van der Waals surface area (Å²) < 4.78 is 4.97. The highest BCUT2D eigenvalue weighted by molar-refractivity contribution is 7.80. The molecule has 0 unspecified atom stereocenters. The third kappa shape index (κ3) is 3.01. The van der Waals surface area contributed by atoms with Gasteiger partial charge in [-0.05, 0) is 19.9 Å². The zero-order valence-electron chi connectivity index (χ0n) is 10.1. The number of aryl methyl sites for hydroxylation is 2. The average Bonchev–Trinajstić information content (AvgIpc) is 2.72. The number of nitrogens with one attached hydrogen (secondary N) is 1. The first kappa shape index (κ1) is 12.4. The molecular weight excluding hydrogens is 250 g/mol. The van der Waals surface area contributed by atoms with Gasteiger partial charge < -0.3 is 15.6 Å². The number of hydrogen-bond acceptors (Lipinski definition) is 6. The number of rotatable bonds is 4. The third-order valence-electron chi connectivity index (χ3n) is 2.21. The van der Waals surface area contributed by atoms with Crippen molar-refractivity contribution in [1.29, 1.82) is 0 Å². The van der Waals surface area contributed by atoms with Crippen LogP contribution in [0.25, 0.3) is 0 Å². The van der Waals surface area contributed by atoms with Crippen LogP contribution in [0.1, 0.15) is 22.8 Å². The van der Waals surface area contributed by atoms with E-state index >= 15 is 0 Å². The Hall–Kier alpha value is -2.02. The fourth-order valence-electron chi connectivity index (χ4n) is 1.44. The summed E-state index contributed by atoms with van der Waals surface area (Å²) in [6, 6.07) is 3.59. The van der Waals surface area contributed by atoms with Crippen molar-refractivity contribution in [2.75, 3.05) is 5.32 Å². The van der Waals surface area contributed by atoms with Crippen LogP contribution in [0.4, 0.5) is 5.95 Å². The van der Waals surface area contributed by atoms with Crippen LogP contribution in [0.2, 0.25) is 0 Å². The van der Waals surface area contributed by atoms with Gasteiger partial charge in [-0.15, -0.1) is 0 Å². The van der Waals surface area contributed by atoms with Crippen LogP contribution in [0.3, 0.4) is 0 Å². The van der Waals surface area contributed by atoms with Crippen LogP contribution < -0.4 is 11.1 Å². The normalized spacial score (nSPS) is 10.3. The van der Waals surface area contributed by atoms with Gasteiger partial charge in [0, 0.05) is 11.8 Å². The molecule has 0 atom stereocenters. The Balaban J connectivity index is 2.11. The van der Waals surface area contributed by atoms with Gasteiger partial charge in [0.05, 0.1) is 6.54 Å². The van der Waals surface area contributed by atoms with Crippen molar-refractivity contribution < 1.29 is 4.52 Å². The molecule has 0 aromatic carbocycles. The van der Waals surface area contributed by atoms with Gasteiger partial charge in [0.2, 0.25) is 5.95 Å². The lowest BCUT2D eigenvalue weighted by atomic mass is 10.3. The predicted octanol–water partition coefficient (Wildman–Crippen LogP) is 1.33. The Labute approximate surface area is 110 Å². The van der Waals surface area contributed by atoms with Gasteiger partial charge >= 0.3 is 0 Å². The molecule has 2 rings (SSSR count). The van der Waals surface area contributed by atoms with Crippen molar-refractivity contribution in [3.63, 3.8) is 0 Å². The molecule has 0 radical (unpaired) electrons. The Bertz CT molecular complexity index is 581. The van der Waals surface area contributed by atoms with Gasteiger partial charge in [0.25, 0.3) is 0 Å². The van der Waals surface area contributed by atoms with Gasteiger partial charge in [-0.25, -0.2) is 9.97 Å². The molecule has 18 heavy (non-hydrogen) atoms. The van der Waals surface area contributed by atoms with Crippen LogP contribution in [0.5, 0.6) is 0 Å². The van der Waals surface area contributed by atoms with E-state index in [-0.39, 0.29) is 4.99 Å². The molecule has 94 valence electrons. The highest BCUT2D eigenvalue weighted by Crippen LogP contribution is 2.07. The lowest BCUT2D eigenvalue weighted by Crippen LogP contribution is -2.14. The molecular formula is C11H13N5OS. The lowest BCUT2D eigenvalue weighted by molar-refractivity contribution is 0.391. The van der Waals surface area contributed by atoms with Crippen molar-refractivity contribution in [2.24, 2.45) is 5.73 Å². The van der Waals surface area contributed by atoms with E-state index in [0.717, 1.165) is 17.1 Å². The maximum absolute atomic E-state index is 5.55. The van der Waals surface area contributed by atoms with Gasteiger partial charge in [-0.1, -0.05) is 17.4 Å². The van der Waals surface area contributed by atoms with Crippen molar-refractivity contribution in [3.05, 3.63) is 35.0 Å². The van der Waals surface area contributed by atoms with Gasteiger partial charge in [-0.2, -0.15) is 0 Å². The summed E-state index contributed by atoms with van der Waals surface area (Å²) in [6.45, 7) is 4.18. The monoisotopic (exact) mass is 263 g/mol. The fourth-order valence-corrected chi connectivity index (χ4v) is 1.55. The Kier molecular flexibility index (Phi) is 3.52. The van der Waals surface area contributed by atoms with E-state index < -0.39 is 0 Å². The zero-order chi connectivity index (χ0) is 13.1. The molecule has 0 aliphatic rings. The Morgan fingerprint density at radius 2 is 2.17 bits per heavy atom. The molecule has 0 fully saturated rings. The summed E-state index contributed by atoms with van der Waals surface area (Å²) in [5.41, 5.74) is 7.68. The molecule has 2 aromatic rings. The number of hydrogen-bond donors (Lipinski definition) is 2. The Morgan fingerprint density at radius 3 is 2.78 bits per heavy atom. The fraction of sp³-hybridized carbons (Fsp3) is 0.273. The van der Waals surface area contributed by atoms with Crippen LogP contribution >= 0.6 is 12.2 Å². The third-order valence-corrected chi connectivity index (χ3v) is 2.42. The molecule has 0 aliphatic heterocycles. The predicted molar refractivity (Wildman–Crippen MR) is 71.2 cm³/mol. The van der Waals surface area contributed by atoms with Crippen molar-refractivity contribution in [3.8, 4) is 0 Å². The van der Waals surface area contributed by atoms with E-state index in [9.17, 15) is 0 Å². The van der Waals surface area contributed by atoms with E-state index in [2.05, 4.69) is 20.4 Å². The van der Waals surface area contributed by atoms with E-state index in [1.54, 1.807) is 6.07 Å². The highest BCUT2D eigenvalue weighted by atomic mass is 32.1. The topological polar surface area (TPSA) is 89.9 Å². The SMILES string of the molecule is Cc1cc(C(N)=S)nc(NCc2cc(C)on2)n1. The maximum Gasteiger partial charge on any atom is 0.223 e. The molecule has 7 heteroatoms. The number of nitrogens with two attached hydrogens (primary N) is 1. The first-order valence-corrected chi connectivity index (χ1v) is 5.77. The second kappa shape index (κ2) is 5.09. The number of thiocarbonyl (C=S) groups is 1. The van der Waals surface area contributed by atoms with Gasteiger partial charge in [-0.3, -0.25) is 0 Å². The second-order valence-corrected chi connectivity index (χ2v) is 4.30. The molecule has 0 bridgehead atoms. The molecule has 2 heterocycles. The van der Waals surface area contributed by atoms with Crippen LogP contribution in [-0.4, -0.2) is 20.1 Å². The molecule has 2 aromatic heterocycles. The molecule has 0 spiro atoms. The minimum atomic E-state index is 0.251. The smallest absolute Gasteiger partial charge is 0.223 e. The average molecular weight is 263 g/mol. The summed E-state index contributed by atoms with van der Waals surface area (Å²) in [4.78, 5) is 8.70. The molecule has 0 saturated carbocycles. The van der Waals surface area contributed by atoms with Gasteiger partial charge in [0.1, 0.15) is 22.1 Å². The van der Waals surface area contributed by atoms with Gasteiger partial charge in [0.15, 0.2) is 0 Å². The molecule has 0 aliphatic carbocycles. The lowest BCUT2D eigenvalue weighted by Gasteiger charge is -2.05. The first-order chi connectivity index (χ1) is 8.54. The second-order valence-electron chi connectivity index (χ2n) is 3.86. The number of nitrogens with zero attached hydrogens (tertiary/aromatic N) is 3. The molecule has 0 saturated heterocycles. The van der Waals surface area contributed by atoms with E-state index in [1.807, 2.05) is 19.9 Å². The zero-order valence-corrected chi connectivity index (χ0v) is 10.9. The summed E-state index contributed by atoms with van der Waals surface area (Å²) in [5, 5.41) is 6.92. The molecule has 6 nitrogen and oxygen atoms in total. The maximum atomic E-state index is 5.55. The summed E-state index contributed by atoms with van der Waals surface area (Å²) in [7, 11) is 0. The number of anilines is 1. The van der Waals surface area contributed by atoms with E-state index in [0.29, 0.717) is 18.2 Å². The van der Waals surface area contributed by atoms with E-state index in [4.69, 9.17) is 22.5 Å². The van der Waals surface area contributed by atoms with Crippen molar-refractivity contribution >= 4 is 23.2 Å². The standard InChI is InChI=1S/C11H13N5OS/c1-6-3-9(10(12)18)15-11(14-6)13-5-8-4-7(2)17-16-8/h3-4H,5H2,1-2H3,(H2,12,18)(H,13,14,15). The van der Waals surface area contributed by atoms with E-state index in [1.165, 1.54) is 0 Å². The Morgan fingerprint density at radius 1 is 1.39 bits per heavy atom. The summed E-state index contributed by atoms with van der Waals surface area (Å²) in [6.07, 6.45) is 0. The minimum Gasteiger partial charge on any atom is -0.388 e. The summed E-state index contributed by atoms with van der Waals surface area (Å²) in [5.74, 6) is 1.24. The minimum absolute atomic E-state index is 0.251. The largest absolute Gasteiger partial charge is 0.388 e. The highest BCUT2D eigenvalue weighted by Gasteiger charge is 2.05. The quantitative estimate of drug-likeness (QED) is 0.804.